The molecular formula is C12H13N2O. The van der Waals surface area contributed by atoms with Crippen LogP contribution in [0.4, 0.5) is 0 Å². The van der Waals surface area contributed by atoms with Gasteiger partial charge in [0.25, 0.3) is 0 Å². The summed E-state index contributed by atoms with van der Waals surface area (Å²) in [5, 5.41) is 3.93. The standard InChI is InChI=1S/C12H13N2O/c1-9-4-5-11(10(2)8-9)15-12-6-7-13-14(12)3/h4-6,8H,1-3H3. The lowest BCUT2D eigenvalue weighted by molar-refractivity contribution is 0.428. The van der Waals surface area contributed by atoms with Crippen LogP contribution in [0.3, 0.4) is 0 Å². The zero-order valence-corrected chi connectivity index (χ0v) is 9.11. The van der Waals surface area contributed by atoms with Crippen LogP contribution in [0.1, 0.15) is 11.1 Å². The lowest BCUT2D eigenvalue weighted by atomic mass is 10.1. The first-order chi connectivity index (χ1) is 7.16. The largest absolute Gasteiger partial charge is 0.439 e. The summed E-state index contributed by atoms with van der Waals surface area (Å²) in [5.41, 5.74) is 2.35. The molecule has 0 spiro atoms. The van der Waals surface area contributed by atoms with Gasteiger partial charge in [-0.05, 0) is 25.5 Å². The molecule has 77 valence electrons. The highest BCUT2D eigenvalue weighted by atomic mass is 16.5. The Labute approximate surface area is 89.3 Å². The Morgan fingerprint density at radius 2 is 2.13 bits per heavy atom. The van der Waals surface area contributed by atoms with Gasteiger partial charge in [-0.3, -0.25) is 0 Å². The highest BCUT2D eigenvalue weighted by Crippen LogP contribution is 2.24. The van der Waals surface area contributed by atoms with E-state index in [2.05, 4.69) is 24.3 Å². The SMILES string of the molecule is Cc1ccc(Oc2c[c]nn2C)c(C)c1. The highest BCUT2D eigenvalue weighted by Gasteiger charge is 2.04. The minimum Gasteiger partial charge on any atom is -0.439 e. The van der Waals surface area contributed by atoms with Crippen molar-refractivity contribution in [1.29, 1.82) is 0 Å². The zero-order chi connectivity index (χ0) is 10.8. The topological polar surface area (TPSA) is 27.1 Å². The fourth-order valence-electron chi connectivity index (χ4n) is 1.44. The van der Waals surface area contributed by atoms with E-state index < -0.39 is 0 Å². The zero-order valence-electron chi connectivity index (χ0n) is 9.11. The van der Waals surface area contributed by atoms with Crippen molar-refractivity contribution < 1.29 is 4.74 Å². The van der Waals surface area contributed by atoms with Crippen molar-refractivity contribution in [2.45, 2.75) is 13.8 Å². The Balaban J connectivity index is 2.29. The summed E-state index contributed by atoms with van der Waals surface area (Å²) >= 11 is 0. The van der Waals surface area contributed by atoms with Crippen molar-refractivity contribution in [2.24, 2.45) is 7.05 Å². The van der Waals surface area contributed by atoms with Crippen LogP contribution >= 0.6 is 0 Å². The Hall–Kier alpha value is -1.77. The molecule has 0 amide bonds. The second-order valence-corrected chi connectivity index (χ2v) is 3.61. The van der Waals surface area contributed by atoms with E-state index in [-0.39, 0.29) is 0 Å². The molecule has 1 aromatic carbocycles. The maximum absolute atomic E-state index is 5.70. The predicted molar refractivity (Wildman–Crippen MR) is 58.0 cm³/mol. The Morgan fingerprint density at radius 3 is 2.73 bits per heavy atom. The number of ether oxygens (including phenoxy) is 1. The summed E-state index contributed by atoms with van der Waals surface area (Å²) in [6.45, 7) is 4.09. The minimum atomic E-state index is 0.696. The molecular weight excluding hydrogens is 188 g/mol. The molecule has 0 aliphatic rings. The second kappa shape index (κ2) is 3.77. The van der Waals surface area contributed by atoms with Crippen LogP contribution in [0.25, 0.3) is 0 Å². The Bertz CT molecular complexity index is 474. The van der Waals surface area contributed by atoms with E-state index in [4.69, 9.17) is 4.74 Å². The van der Waals surface area contributed by atoms with Crippen molar-refractivity contribution in [3.05, 3.63) is 41.6 Å². The van der Waals surface area contributed by atoms with Crippen molar-refractivity contribution in [3.8, 4) is 11.6 Å². The van der Waals surface area contributed by atoms with Crippen molar-refractivity contribution in [3.63, 3.8) is 0 Å². The van der Waals surface area contributed by atoms with Crippen LogP contribution in [-0.2, 0) is 7.05 Å². The quantitative estimate of drug-likeness (QED) is 0.746. The molecule has 1 heterocycles. The smallest absolute Gasteiger partial charge is 0.218 e. The van der Waals surface area contributed by atoms with Gasteiger partial charge in [-0.15, -0.1) is 0 Å². The van der Waals surface area contributed by atoms with Crippen LogP contribution in [0.15, 0.2) is 24.3 Å². The molecule has 1 radical (unpaired) electrons. The van der Waals surface area contributed by atoms with Gasteiger partial charge in [0, 0.05) is 13.1 Å². The van der Waals surface area contributed by atoms with Crippen molar-refractivity contribution in [1.82, 2.24) is 9.78 Å². The Kier molecular flexibility index (Phi) is 2.46. The molecule has 0 aliphatic carbocycles. The lowest BCUT2D eigenvalue weighted by Crippen LogP contribution is -1.96. The van der Waals surface area contributed by atoms with Crippen LogP contribution in [0, 0.1) is 20.0 Å². The number of rotatable bonds is 2. The van der Waals surface area contributed by atoms with Gasteiger partial charge < -0.3 is 4.74 Å². The van der Waals surface area contributed by atoms with Crippen molar-refractivity contribution in [2.75, 3.05) is 0 Å². The van der Waals surface area contributed by atoms with Crippen molar-refractivity contribution >= 4 is 0 Å². The van der Waals surface area contributed by atoms with Gasteiger partial charge >= 0.3 is 0 Å². The highest BCUT2D eigenvalue weighted by molar-refractivity contribution is 5.37. The van der Waals surface area contributed by atoms with E-state index in [0.29, 0.717) is 5.88 Å². The van der Waals surface area contributed by atoms with Gasteiger partial charge in [0.1, 0.15) is 11.9 Å². The number of hydrogen-bond donors (Lipinski definition) is 0. The van der Waals surface area contributed by atoms with E-state index in [0.717, 1.165) is 11.3 Å². The summed E-state index contributed by atoms with van der Waals surface area (Å²) in [5.74, 6) is 1.56. The van der Waals surface area contributed by atoms with Gasteiger partial charge in [-0.1, -0.05) is 17.7 Å². The molecule has 0 fully saturated rings. The first-order valence-corrected chi connectivity index (χ1v) is 4.82. The first-order valence-electron chi connectivity index (χ1n) is 4.82. The van der Waals surface area contributed by atoms with Gasteiger partial charge in [0.2, 0.25) is 5.88 Å². The summed E-state index contributed by atoms with van der Waals surface area (Å²) in [6.07, 6.45) is 2.74. The molecule has 3 heteroatoms. The minimum absolute atomic E-state index is 0.696. The molecule has 0 saturated carbocycles. The van der Waals surface area contributed by atoms with Crippen LogP contribution < -0.4 is 4.74 Å². The molecule has 2 rings (SSSR count). The van der Waals surface area contributed by atoms with Gasteiger partial charge in [0.15, 0.2) is 0 Å². The molecule has 15 heavy (non-hydrogen) atoms. The number of aromatic nitrogens is 2. The number of benzene rings is 1. The number of hydrogen-bond acceptors (Lipinski definition) is 2. The van der Waals surface area contributed by atoms with E-state index in [1.807, 2.05) is 26.1 Å². The maximum atomic E-state index is 5.70. The molecule has 3 nitrogen and oxygen atoms in total. The fourth-order valence-corrected chi connectivity index (χ4v) is 1.44. The molecule has 2 aromatic rings. The Morgan fingerprint density at radius 1 is 1.33 bits per heavy atom. The average molecular weight is 201 g/mol. The molecule has 0 saturated heterocycles. The molecule has 0 aliphatic heterocycles. The summed E-state index contributed by atoms with van der Waals surface area (Å²) < 4.78 is 7.36. The second-order valence-electron chi connectivity index (χ2n) is 3.61. The van der Waals surface area contributed by atoms with E-state index in [1.165, 1.54) is 5.56 Å². The van der Waals surface area contributed by atoms with Crippen LogP contribution in [0.2, 0.25) is 0 Å². The summed E-state index contributed by atoms with van der Waals surface area (Å²) in [4.78, 5) is 0. The molecule has 0 unspecified atom stereocenters. The first kappa shape index (κ1) is 9.77. The average Bonchev–Trinajstić information content (AvgIpc) is 2.57. The monoisotopic (exact) mass is 201 g/mol. The van der Waals surface area contributed by atoms with Gasteiger partial charge in [-0.2, -0.15) is 5.10 Å². The molecule has 0 bridgehead atoms. The number of aryl methyl sites for hydroxylation is 3. The lowest BCUT2D eigenvalue weighted by Gasteiger charge is -2.08. The third-order valence-electron chi connectivity index (χ3n) is 2.26. The molecule has 0 atom stereocenters. The molecule has 0 N–H and O–H groups in total. The summed E-state index contributed by atoms with van der Waals surface area (Å²) in [7, 11) is 1.83. The van der Waals surface area contributed by atoms with Gasteiger partial charge in [-0.25, -0.2) is 4.68 Å². The summed E-state index contributed by atoms with van der Waals surface area (Å²) in [6, 6.07) is 7.81. The maximum Gasteiger partial charge on any atom is 0.218 e. The fraction of sp³-hybridized carbons (Fsp3) is 0.250. The third kappa shape index (κ3) is 2.01. The van der Waals surface area contributed by atoms with Crippen LogP contribution in [0.5, 0.6) is 11.6 Å². The molecule has 1 aromatic heterocycles. The predicted octanol–water partition coefficient (Wildman–Crippen LogP) is 2.63. The van der Waals surface area contributed by atoms with E-state index in [1.54, 1.807) is 10.7 Å². The number of nitrogens with zero attached hydrogens (tertiary/aromatic N) is 2. The third-order valence-corrected chi connectivity index (χ3v) is 2.26. The van der Waals surface area contributed by atoms with E-state index >= 15 is 0 Å². The normalized spacial score (nSPS) is 10.3. The van der Waals surface area contributed by atoms with Crippen LogP contribution in [-0.4, -0.2) is 9.78 Å². The van der Waals surface area contributed by atoms with Gasteiger partial charge in [0.05, 0.1) is 0 Å². The van der Waals surface area contributed by atoms with E-state index in [9.17, 15) is 0 Å².